The van der Waals surface area contributed by atoms with Crippen LogP contribution in [0.15, 0.2) is 28.7 Å². The van der Waals surface area contributed by atoms with Gasteiger partial charge in [-0.05, 0) is 37.4 Å². The minimum absolute atomic E-state index is 0.110. The summed E-state index contributed by atoms with van der Waals surface area (Å²) < 4.78 is 1.14. The number of amides is 1. The van der Waals surface area contributed by atoms with Gasteiger partial charge in [-0.25, -0.2) is 0 Å². The van der Waals surface area contributed by atoms with Crippen molar-refractivity contribution in [2.45, 2.75) is 31.1 Å². The van der Waals surface area contributed by atoms with Gasteiger partial charge in [-0.2, -0.15) is 0 Å². The third-order valence-electron chi connectivity index (χ3n) is 3.53. The molecule has 0 heterocycles. The first-order valence-corrected chi connectivity index (χ1v) is 7.19. The molecular weight excluding hydrogens is 292 g/mol. The maximum atomic E-state index is 11.6. The molecule has 1 aliphatic carbocycles. The quantitative estimate of drug-likeness (QED) is 0.847. The largest absolute Gasteiger partial charge is 0.355 e. The number of carbonyl (C=O) groups is 1. The Morgan fingerprint density at radius 2 is 2.11 bits per heavy atom. The Labute approximate surface area is 116 Å². The topological polar surface area (TPSA) is 55.1 Å². The molecule has 0 aliphatic heterocycles. The Morgan fingerprint density at radius 3 is 2.72 bits per heavy atom. The molecule has 4 heteroatoms. The summed E-state index contributed by atoms with van der Waals surface area (Å²) in [5.41, 5.74) is 6.86. The van der Waals surface area contributed by atoms with Crippen LogP contribution in [0, 0.1) is 0 Å². The fourth-order valence-electron chi connectivity index (χ4n) is 2.20. The lowest BCUT2D eigenvalue weighted by Crippen LogP contribution is -2.32. The molecule has 0 aromatic heterocycles. The zero-order valence-corrected chi connectivity index (χ0v) is 12.0. The minimum atomic E-state index is 0.110. The Bertz CT molecular complexity index is 430. The molecule has 0 unspecified atom stereocenters. The van der Waals surface area contributed by atoms with Gasteiger partial charge in [-0.3, -0.25) is 4.79 Å². The molecule has 18 heavy (non-hydrogen) atoms. The van der Waals surface area contributed by atoms with Gasteiger partial charge in [0.05, 0.1) is 0 Å². The number of nitrogens with one attached hydrogen (secondary N) is 1. The second-order valence-electron chi connectivity index (χ2n) is 4.93. The van der Waals surface area contributed by atoms with E-state index in [1.54, 1.807) is 0 Å². The third-order valence-corrected chi connectivity index (χ3v) is 4.22. The number of hydrogen-bond donors (Lipinski definition) is 2. The van der Waals surface area contributed by atoms with Gasteiger partial charge in [0.1, 0.15) is 0 Å². The lowest BCUT2D eigenvalue weighted by atomic mass is 9.96. The molecular formula is C14H19BrN2O. The molecule has 1 amide bonds. The molecule has 0 spiro atoms. The molecule has 3 nitrogen and oxygen atoms in total. The molecule has 1 aliphatic rings. The predicted molar refractivity (Wildman–Crippen MR) is 76.4 cm³/mol. The van der Waals surface area contributed by atoms with Crippen molar-refractivity contribution < 1.29 is 4.79 Å². The summed E-state index contributed by atoms with van der Waals surface area (Å²) in [6, 6.07) is 8.27. The summed E-state index contributed by atoms with van der Waals surface area (Å²) in [5, 5.41) is 3.03. The Kier molecular flexibility index (Phi) is 4.40. The summed E-state index contributed by atoms with van der Waals surface area (Å²) in [5.74, 6) is 0.110. The van der Waals surface area contributed by atoms with Crippen LogP contribution in [-0.2, 0) is 10.2 Å². The monoisotopic (exact) mass is 310 g/mol. The Morgan fingerprint density at radius 1 is 1.39 bits per heavy atom. The summed E-state index contributed by atoms with van der Waals surface area (Å²) in [6.45, 7) is 1.31. The number of nitrogens with two attached hydrogens (primary N) is 1. The summed E-state index contributed by atoms with van der Waals surface area (Å²) in [6.07, 6.45) is 3.58. The van der Waals surface area contributed by atoms with Gasteiger partial charge in [0.25, 0.3) is 0 Å². The second kappa shape index (κ2) is 5.85. The first kappa shape index (κ1) is 13.6. The van der Waals surface area contributed by atoms with E-state index in [1.165, 1.54) is 5.56 Å². The van der Waals surface area contributed by atoms with E-state index in [4.69, 9.17) is 5.73 Å². The SMILES string of the molecule is NCCCC(=O)NCC1(c2ccccc2Br)CC1. The normalized spacial score (nSPS) is 16.3. The number of benzene rings is 1. The minimum Gasteiger partial charge on any atom is -0.355 e. The van der Waals surface area contributed by atoms with Crippen LogP contribution in [0.2, 0.25) is 0 Å². The van der Waals surface area contributed by atoms with Crippen molar-refractivity contribution in [3.63, 3.8) is 0 Å². The van der Waals surface area contributed by atoms with Crippen LogP contribution in [0.1, 0.15) is 31.2 Å². The van der Waals surface area contributed by atoms with E-state index in [2.05, 4.69) is 39.4 Å². The van der Waals surface area contributed by atoms with Gasteiger partial charge >= 0.3 is 0 Å². The fourth-order valence-corrected chi connectivity index (χ4v) is 2.91. The van der Waals surface area contributed by atoms with E-state index in [0.717, 1.165) is 30.3 Å². The van der Waals surface area contributed by atoms with Crippen LogP contribution in [0.5, 0.6) is 0 Å². The van der Waals surface area contributed by atoms with Gasteiger partial charge in [0.2, 0.25) is 5.91 Å². The van der Waals surface area contributed by atoms with Crippen molar-refractivity contribution in [2.24, 2.45) is 5.73 Å². The van der Waals surface area contributed by atoms with Gasteiger partial charge in [-0.15, -0.1) is 0 Å². The van der Waals surface area contributed by atoms with Crippen molar-refractivity contribution in [1.82, 2.24) is 5.32 Å². The van der Waals surface area contributed by atoms with Crippen LogP contribution < -0.4 is 11.1 Å². The average molecular weight is 311 g/mol. The van der Waals surface area contributed by atoms with E-state index in [1.807, 2.05) is 6.07 Å². The first-order chi connectivity index (χ1) is 8.68. The molecule has 0 bridgehead atoms. The van der Waals surface area contributed by atoms with E-state index >= 15 is 0 Å². The van der Waals surface area contributed by atoms with E-state index < -0.39 is 0 Å². The predicted octanol–water partition coefficient (Wildman–Crippen LogP) is 2.34. The Balaban J connectivity index is 1.93. The van der Waals surface area contributed by atoms with E-state index in [0.29, 0.717) is 13.0 Å². The zero-order chi connectivity index (χ0) is 13.0. The van der Waals surface area contributed by atoms with E-state index in [-0.39, 0.29) is 11.3 Å². The molecule has 1 aromatic carbocycles. The van der Waals surface area contributed by atoms with Gasteiger partial charge < -0.3 is 11.1 Å². The molecule has 0 saturated heterocycles. The maximum absolute atomic E-state index is 11.6. The van der Waals surface area contributed by atoms with Gasteiger partial charge in [0, 0.05) is 22.9 Å². The van der Waals surface area contributed by atoms with Crippen molar-refractivity contribution in [2.75, 3.05) is 13.1 Å². The van der Waals surface area contributed by atoms with E-state index in [9.17, 15) is 4.79 Å². The molecule has 1 fully saturated rings. The molecule has 1 aromatic rings. The highest BCUT2D eigenvalue weighted by Crippen LogP contribution is 2.49. The molecule has 0 radical (unpaired) electrons. The molecule has 98 valence electrons. The van der Waals surface area contributed by atoms with Crippen LogP contribution in [0.4, 0.5) is 0 Å². The molecule has 0 atom stereocenters. The number of halogens is 1. The van der Waals surface area contributed by atoms with Crippen LogP contribution >= 0.6 is 15.9 Å². The standard InChI is InChI=1S/C14H19BrN2O/c15-12-5-2-1-4-11(12)14(7-8-14)10-17-13(18)6-3-9-16/h1-2,4-5H,3,6-10,16H2,(H,17,18). The van der Waals surface area contributed by atoms with Crippen molar-refractivity contribution in [1.29, 1.82) is 0 Å². The lowest BCUT2D eigenvalue weighted by Gasteiger charge is -2.18. The van der Waals surface area contributed by atoms with Gasteiger partial charge in [0.15, 0.2) is 0 Å². The highest BCUT2D eigenvalue weighted by atomic mass is 79.9. The average Bonchev–Trinajstić information content (AvgIpc) is 3.15. The van der Waals surface area contributed by atoms with Crippen molar-refractivity contribution in [3.05, 3.63) is 34.3 Å². The van der Waals surface area contributed by atoms with Crippen LogP contribution in [-0.4, -0.2) is 19.0 Å². The number of carbonyl (C=O) groups excluding carboxylic acids is 1. The first-order valence-electron chi connectivity index (χ1n) is 6.40. The fraction of sp³-hybridized carbons (Fsp3) is 0.500. The molecule has 3 N–H and O–H groups in total. The highest BCUT2D eigenvalue weighted by Gasteiger charge is 2.45. The zero-order valence-electron chi connectivity index (χ0n) is 10.4. The van der Waals surface area contributed by atoms with Crippen molar-refractivity contribution >= 4 is 21.8 Å². The summed E-state index contributed by atoms with van der Waals surface area (Å²) >= 11 is 3.59. The summed E-state index contributed by atoms with van der Waals surface area (Å²) in [7, 11) is 0. The molecule has 1 saturated carbocycles. The van der Waals surface area contributed by atoms with Crippen LogP contribution in [0.25, 0.3) is 0 Å². The van der Waals surface area contributed by atoms with Crippen LogP contribution in [0.3, 0.4) is 0 Å². The molecule has 2 rings (SSSR count). The van der Waals surface area contributed by atoms with Gasteiger partial charge in [-0.1, -0.05) is 34.1 Å². The summed E-state index contributed by atoms with van der Waals surface area (Å²) in [4.78, 5) is 11.6. The number of hydrogen-bond acceptors (Lipinski definition) is 2. The third kappa shape index (κ3) is 3.12. The Hall–Kier alpha value is -0.870. The second-order valence-corrected chi connectivity index (χ2v) is 5.78. The maximum Gasteiger partial charge on any atom is 0.220 e. The lowest BCUT2D eigenvalue weighted by molar-refractivity contribution is -0.121. The smallest absolute Gasteiger partial charge is 0.220 e. The highest BCUT2D eigenvalue weighted by molar-refractivity contribution is 9.10. The van der Waals surface area contributed by atoms with Crippen molar-refractivity contribution in [3.8, 4) is 0 Å². The number of rotatable bonds is 6.